The Morgan fingerprint density at radius 2 is 2.11 bits per heavy atom. The number of rotatable bonds is 3. The molecule has 0 radical (unpaired) electrons. The summed E-state index contributed by atoms with van der Waals surface area (Å²) in [6, 6.07) is 0. The zero-order valence-electron chi connectivity index (χ0n) is 10.4. The van der Waals surface area contributed by atoms with Crippen LogP contribution in [0.2, 0.25) is 5.02 Å². The van der Waals surface area contributed by atoms with Crippen molar-refractivity contribution in [2.75, 3.05) is 31.2 Å². The molecule has 7 nitrogen and oxygen atoms in total. The molecule has 98 valence electrons. The molecule has 0 saturated carbocycles. The molecule has 1 fully saturated rings. The van der Waals surface area contributed by atoms with Gasteiger partial charge in [-0.1, -0.05) is 11.6 Å². The Bertz CT molecular complexity index is 516. The van der Waals surface area contributed by atoms with Gasteiger partial charge in [-0.25, -0.2) is 4.98 Å². The number of nitrogens with zero attached hydrogens (tertiary/aromatic N) is 2. The Morgan fingerprint density at radius 1 is 1.47 bits per heavy atom. The van der Waals surface area contributed by atoms with E-state index in [2.05, 4.69) is 9.97 Å². The van der Waals surface area contributed by atoms with Gasteiger partial charge in [0, 0.05) is 25.5 Å². The number of carbonyl (C=O) groups is 1. The standard InChI is InChI=1S/C10H12ClN3O4.Na/c11-8-9(14-1-3-18-4-2-14)12-6(5-7(15)16)13-10(8)17;/h1-5H2,(H,15,16)(H,12,13,17);/q;+1/p-1. The Morgan fingerprint density at radius 3 is 2.68 bits per heavy atom. The van der Waals surface area contributed by atoms with Crippen LogP contribution in [0.15, 0.2) is 4.79 Å². The van der Waals surface area contributed by atoms with Crippen LogP contribution in [0.4, 0.5) is 5.82 Å². The minimum absolute atomic E-state index is 0. The number of carboxylic acid groups (broad SMARTS) is 1. The van der Waals surface area contributed by atoms with E-state index in [1.54, 1.807) is 4.90 Å². The molecular formula is C10H11ClN3NaO4. The first-order valence-electron chi connectivity index (χ1n) is 5.39. The number of H-pyrrole nitrogens is 1. The minimum Gasteiger partial charge on any atom is -0.550 e. The zero-order valence-corrected chi connectivity index (χ0v) is 13.2. The van der Waals surface area contributed by atoms with E-state index in [9.17, 15) is 14.7 Å². The summed E-state index contributed by atoms with van der Waals surface area (Å²) in [5.41, 5.74) is -0.551. The van der Waals surface area contributed by atoms with E-state index < -0.39 is 17.9 Å². The summed E-state index contributed by atoms with van der Waals surface area (Å²) in [7, 11) is 0. The molecule has 0 spiro atoms. The van der Waals surface area contributed by atoms with Crippen molar-refractivity contribution in [3.63, 3.8) is 0 Å². The van der Waals surface area contributed by atoms with Crippen molar-refractivity contribution in [1.82, 2.24) is 9.97 Å². The number of aromatic nitrogens is 2. The van der Waals surface area contributed by atoms with Crippen LogP contribution in [-0.4, -0.2) is 42.2 Å². The number of halogens is 1. The molecule has 1 aromatic heterocycles. The van der Waals surface area contributed by atoms with Gasteiger partial charge in [0.2, 0.25) is 0 Å². The second-order valence-electron chi connectivity index (χ2n) is 3.80. The number of carbonyl (C=O) groups excluding carboxylic acids is 1. The maximum Gasteiger partial charge on any atom is 1.00 e. The van der Waals surface area contributed by atoms with Crippen molar-refractivity contribution >= 4 is 23.4 Å². The molecule has 9 heteroatoms. The van der Waals surface area contributed by atoms with Gasteiger partial charge in [0.15, 0.2) is 5.82 Å². The summed E-state index contributed by atoms with van der Waals surface area (Å²) >= 11 is 5.88. The van der Waals surface area contributed by atoms with Crippen molar-refractivity contribution in [2.24, 2.45) is 0 Å². The smallest absolute Gasteiger partial charge is 0.550 e. The monoisotopic (exact) mass is 295 g/mol. The molecule has 0 aromatic carbocycles. The van der Waals surface area contributed by atoms with Crippen molar-refractivity contribution in [3.05, 3.63) is 21.2 Å². The number of aliphatic carboxylic acids is 1. The van der Waals surface area contributed by atoms with Gasteiger partial charge in [-0.15, -0.1) is 0 Å². The number of ether oxygens (including phenoxy) is 1. The van der Waals surface area contributed by atoms with Crippen LogP contribution in [0.1, 0.15) is 5.82 Å². The molecule has 1 aromatic rings. The first-order chi connectivity index (χ1) is 8.58. The van der Waals surface area contributed by atoms with Crippen LogP contribution >= 0.6 is 11.6 Å². The SMILES string of the molecule is O=C([O-])Cc1nc(N2CCOCC2)c(Cl)c(=O)[nH]1.[Na+]. The first-order valence-corrected chi connectivity index (χ1v) is 5.77. The average Bonchev–Trinajstić information content (AvgIpc) is 2.34. The van der Waals surface area contributed by atoms with Gasteiger partial charge in [-0.3, -0.25) is 4.79 Å². The van der Waals surface area contributed by atoms with Crippen LogP contribution in [0.3, 0.4) is 0 Å². The topological polar surface area (TPSA) is 98.3 Å². The number of nitrogens with one attached hydrogen (secondary N) is 1. The maximum atomic E-state index is 11.6. The number of anilines is 1. The number of morpholine rings is 1. The molecule has 1 aliphatic rings. The van der Waals surface area contributed by atoms with E-state index in [1.165, 1.54) is 0 Å². The van der Waals surface area contributed by atoms with E-state index in [0.29, 0.717) is 32.1 Å². The molecule has 2 rings (SSSR count). The molecule has 0 bridgehead atoms. The molecule has 19 heavy (non-hydrogen) atoms. The molecule has 0 unspecified atom stereocenters. The molecule has 0 atom stereocenters. The van der Waals surface area contributed by atoms with Crippen LogP contribution in [-0.2, 0) is 16.0 Å². The molecule has 1 aliphatic heterocycles. The van der Waals surface area contributed by atoms with Crippen LogP contribution < -0.4 is 45.1 Å². The van der Waals surface area contributed by atoms with Gasteiger partial charge in [0.25, 0.3) is 5.56 Å². The summed E-state index contributed by atoms with van der Waals surface area (Å²) in [4.78, 5) is 30.3. The Balaban J connectivity index is 0.00000180. The zero-order chi connectivity index (χ0) is 13.1. The Kier molecular flexibility index (Phi) is 6.28. The third-order valence-electron chi connectivity index (χ3n) is 2.52. The van der Waals surface area contributed by atoms with Gasteiger partial charge in [-0.2, -0.15) is 0 Å². The number of hydrogen-bond donors (Lipinski definition) is 1. The van der Waals surface area contributed by atoms with E-state index in [-0.39, 0.29) is 40.4 Å². The van der Waals surface area contributed by atoms with Gasteiger partial charge < -0.3 is 24.5 Å². The van der Waals surface area contributed by atoms with E-state index >= 15 is 0 Å². The van der Waals surface area contributed by atoms with Gasteiger partial charge in [0.05, 0.1) is 13.2 Å². The summed E-state index contributed by atoms with van der Waals surface area (Å²) in [6.45, 7) is 2.14. The number of aromatic amines is 1. The van der Waals surface area contributed by atoms with E-state index in [1.807, 2.05) is 0 Å². The van der Waals surface area contributed by atoms with Crippen LogP contribution in [0.5, 0.6) is 0 Å². The Labute approximate surface area is 136 Å². The molecule has 2 heterocycles. The number of carboxylic acids is 1. The minimum atomic E-state index is -1.31. The second-order valence-corrected chi connectivity index (χ2v) is 4.18. The van der Waals surface area contributed by atoms with Crippen LogP contribution in [0.25, 0.3) is 0 Å². The Hall–Kier alpha value is -0.600. The average molecular weight is 296 g/mol. The summed E-state index contributed by atoms with van der Waals surface area (Å²) in [6.07, 6.45) is -0.455. The van der Waals surface area contributed by atoms with E-state index in [4.69, 9.17) is 16.3 Å². The normalized spacial score (nSPS) is 14.9. The fourth-order valence-electron chi connectivity index (χ4n) is 1.70. The molecular weight excluding hydrogens is 285 g/mol. The third kappa shape index (κ3) is 4.19. The largest absolute Gasteiger partial charge is 1.00 e. The summed E-state index contributed by atoms with van der Waals surface area (Å²) in [5.74, 6) is -0.987. The summed E-state index contributed by atoms with van der Waals surface area (Å²) < 4.78 is 5.18. The maximum absolute atomic E-state index is 11.6. The molecule has 1 N–H and O–H groups in total. The predicted molar refractivity (Wildman–Crippen MR) is 61.6 cm³/mol. The van der Waals surface area contributed by atoms with Gasteiger partial charge >= 0.3 is 29.6 Å². The third-order valence-corrected chi connectivity index (χ3v) is 2.86. The fourth-order valence-corrected chi connectivity index (χ4v) is 1.91. The molecule has 0 aliphatic carbocycles. The predicted octanol–water partition coefficient (Wildman–Crippen LogP) is -4.44. The molecule has 1 saturated heterocycles. The van der Waals surface area contributed by atoms with Gasteiger partial charge in [0.1, 0.15) is 10.8 Å². The van der Waals surface area contributed by atoms with Gasteiger partial charge in [-0.05, 0) is 0 Å². The summed E-state index contributed by atoms with van der Waals surface area (Å²) in [5, 5.41) is 10.5. The van der Waals surface area contributed by atoms with Crippen LogP contribution in [0, 0.1) is 0 Å². The van der Waals surface area contributed by atoms with Crippen molar-refractivity contribution in [2.45, 2.75) is 6.42 Å². The molecule has 0 amide bonds. The van der Waals surface area contributed by atoms with Crippen molar-refractivity contribution in [3.8, 4) is 0 Å². The van der Waals surface area contributed by atoms with Crippen molar-refractivity contribution in [1.29, 1.82) is 0 Å². The quantitative estimate of drug-likeness (QED) is 0.565. The fraction of sp³-hybridized carbons (Fsp3) is 0.500. The van der Waals surface area contributed by atoms with Crippen molar-refractivity contribution < 1.29 is 44.2 Å². The second kappa shape index (κ2) is 7.25. The number of hydrogen-bond acceptors (Lipinski definition) is 6. The first kappa shape index (κ1) is 16.5. The van der Waals surface area contributed by atoms with E-state index in [0.717, 1.165) is 0 Å².